The molecule has 32 heavy (non-hydrogen) atoms. The molecule has 0 fully saturated rings. The molecule has 3 rings (SSSR count). The molecule has 11 heteroatoms. The van der Waals surface area contributed by atoms with Gasteiger partial charge >= 0.3 is 6.18 Å². The van der Waals surface area contributed by atoms with Crippen LogP contribution in [-0.4, -0.2) is 44.0 Å². The van der Waals surface area contributed by atoms with Gasteiger partial charge in [0.15, 0.2) is 6.10 Å². The summed E-state index contributed by atoms with van der Waals surface area (Å²) in [5.74, 6) is 0.663. The number of alkyl halides is 3. The third-order valence-corrected chi connectivity index (χ3v) is 4.59. The number of anilines is 2. The maximum atomic E-state index is 12.7. The van der Waals surface area contributed by atoms with Gasteiger partial charge in [-0.05, 0) is 39.0 Å². The molecule has 3 aromatic rings. The molecule has 2 heterocycles. The number of halogens is 3. The number of aliphatic hydroxyl groups excluding tert-OH is 1. The van der Waals surface area contributed by atoms with Gasteiger partial charge in [0.1, 0.15) is 5.75 Å². The fourth-order valence-electron chi connectivity index (χ4n) is 2.82. The number of nitrogens with one attached hydrogen (secondary N) is 1. The molecule has 0 saturated carbocycles. The van der Waals surface area contributed by atoms with Crippen LogP contribution in [0.1, 0.15) is 37.0 Å². The summed E-state index contributed by atoms with van der Waals surface area (Å²) < 4.78 is 50.4. The number of rotatable bonds is 8. The Morgan fingerprint density at radius 1 is 1.19 bits per heavy atom. The van der Waals surface area contributed by atoms with E-state index in [1.54, 1.807) is 18.5 Å². The largest absolute Gasteiger partial charge is 0.494 e. The van der Waals surface area contributed by atoms with Gasteiger partial charge in [-0.2, -0.15) is 13.2 Å². The molecule has 2 atom stereocenters. The average molecular weight is 451 g/mol. The minimum absolute atomic E-state index is 0.106. The lowest BCUT2D eigenvalue weighted by atomic mass is 10.2. The highest BCUT2D eigenvalue weighted by Gasteiger charge is 2.37. The predicted molar refractivity (Wildman–Crippen MR) is 111 cm³/mol. The zero-order valence-corrected chi connectivity index (χ0v) is 18.0. The van der Waals surface area contributed by atoms with Crippen LogP contribution in [0.4, 0.5) is 24.8 Å². The van der Waals surface area contributed by atoms with Crippen molar-refractivity contribution in [1.82, 2.24) is 19.5 Å². The van der Waals surface area contributed by atoms with Crippen LogP contribution >= 0.6 is 0 Å². The molecule has 172 valence electrons. The Bertz CT molecular complexity index is 1070. The van der Waals surface area contributed by atoms with Gasteiger partial charge in [-0.25, -0.2) is 15.0 Å². The molecule has 0 aliphatic rings. The Balaban J connectivity index is 1.85. The van der Waals surface area contributed by atoms with E-state index in [9.17, 15) is 18.3 Å². The minimum atomic E-state index is -4.48. The number of ether oxygens (including phenoxy) is 2. The van der Waals surface area contributed by atoms with Gasteiger partial charge in [-0.1, -0.05) is 0 Å². The summed E-state index contributed by atoms with van der Waals surface area (Å²) in [6, 6.07) is 6.72. The van der Waals surface area contributed by atoms with Gasteiger partial charge in [-0.3, -0.25) is 0 Å². The zero-order valence-electron chi connectivity index (χ0n) is 18.0. The number of aryl methyl sites for hydroxylation is 1. The van der Waals surface area contributed by atoms with Crippen molar-refractivity contribution in [1.29, 1.82) is 0 Å². The minimum Gasteiger partial charge on any atom is -0.494 e. The fraction of sp³-hybridized carbons (Fsp3) is 0.381. The van der Waals surface area contributed by atoms with Gasteiger partial charge in [0, 0.05) is 18.0 Å². The Morgan fingerprint density at radius 3 is 2.53 bits per heavy atom. The van der Waals surface area contributed by atoms with Crippen LogP contribution in [-0.2, 0) is 11.3 Å². The lowest BCUT2D eigenvalue weighted by molar-refractivity contribution is -0.217. The summed E-state index contributed by atoms with van der Waals surface area (Å²) in [6.45, 7) is 3.91. The molecule has 1 aromatic carbocycles. The number of aliphatic hydroxyl groups is 1. The molecule has 0 saturated heterocycles. The highest BCUT2D eigenvalue weighted by Crippen LogP contribution is 2.29. The maximum Gasteiger partial charge on any atom is 0.414 e. The second-order valence-electron chi connectivity index (χ2n) is 7.21. The van der Waals surface area contributed by atoms with E-state index in [0.29, 0.717) is 11.4 Å². The lowest BCUT2D eigenvalue weighted by Crippen LogP contribution is -2.28. The van der Waals surface area contributed by atoms with Crippen molar-refractivity contribution in [3.8, 4) is 11.4 Å². The Labute approximate surface area is 183 Å². The number of aromatic nitrogens is 4. The molecule has 2 unspecified atom stereocenters. The van der Waals surface area contributed by atoms with E-state index in [0.717, 1.165) is 18.3 Å². The summed E-state index contributed by atoms with van der Waals surface area (Å²) in [5, 5.41) is 12.9. The van der Waals surface area contributed by atoms with E-state index >= 15 is 0 Å². The summed E-state index contributed by atoms with van der Waals surface area (Å²) >= 11 is 0. The van der Waals surface area contributed by atoms with E-state index < -0.39 is 18.4 Å². The molecule has 0 bridgehead atoms. The van der Waals surface area contributed by atoms with Gasteiger partial charge < -0.3 is 24.5 Å². The highest BCUT2D eigenvalue weighted by molar-refractivity contribution is 5.62. The summed E-state index contributed by atoms with van der Waals surface area (Å²) in [4.78, 5) is 12.7. The molecule has 0 radical (unpaired) electrons. The van der Waals surface area contributed by atoms with Crippen LogP contribution in [0.25, 0.3) is 5.69 Å². The average Bonchev–Trinajstić information content (AvgIpc) is 3.17. The van der Waals surface area contributed by atoms with E-state index in [1.165, 1.54) is 20.1 Å². The first-order valence-electron chi connectivity index (χ1n) is 9.77. The normalized spacial score (nSPS) is 13.6. The van der Waals surface area contributed by atoms with Gasteiger partial charge in [0.05, 0.1) is 48.9 Å². The molecule has 0 spiro atoms. The summed E-state index contributed by atoms with van der Waals surface area (Å²) in [5.41, 5.74) is 2.66. The summed E-state index contributed by atoms with van der Waals surface area (Å²) in [6.07, 6.45) is -3.85. The number of hydrogen-bond donors (Lipinski definition) is 2. The van der Waals surface area contributed by atoms with Crippen molar-refractivity contribution < 1.29 is 27.8 Å². The molecular weight excluding hydrogens is 427 g/mol. The quantitative estimate of drug-likeness (QED) is 0.529. The standard InChI is InChI=1S/C21H24F3N5O3/c1-12-9-29(11-25-12)18-6-5-15(8-19(18)31-4)26-20-27-16(7-17(28-20)13(2)30)10-32-14(3)21(22,23)24/h5-9,11,13-14,30H,10H2,1-4H3,(H,26,27,28). The Morgan fingerprint density at radius 2 is 1.94 bits per heavy atom. The van der Waals surface area contributed by atoms with E-state index in [-0.39, 0.29) is 23.9 Å². The van der Waals surface area contributed by atoms with Crippen molar-refractivity contribution in [3.63, 3.8) is 0 Å². The van der Waals surface area contributed by atoms with E-state index in [1.807, 2.05) is 23.8 Å². The van der Waals surface area contributed by atoms with Crippen LogP contribution in [0, 0.1) is 6.92 Å². The van der Waals surface area contributed by atoms with Crippen molar-refractivity contribution >= 4 is 11.6 Å². The second-order valence-corrected chi connectivity index (χ2v) is 7.21. The molecular formula is C21H24F3N5O3. The number of benzene rings is 1. The first-order valence-corrected chi connectivity index (χ1v) is 9.77. The number of nitrogens with zero attached hydrogens (tertiary/aromatic N) is 4. The lowest BCUT2D eigenvalue weighted by Gasteiger charge is -2.17. The molecule has 0 amide bonds. The first-order chi connectivity index (χ1) is 15.1. The van der Waals surface area contributed by atoms with Crippen molar-refractivity contribution in [2.45, 2.75) is 45.8 Å². The van der Waals surface area contributed by atoms with Crippen LogP contribution < -0.4 is 10.1 Å². The van der Waals surface area contributed by atoms with Crippen LogP contribution in [0.5, 0.6) is 5.75 Å². The predicted octanol–water partition coefficient (Wildman–Crippen LogP) is 4.24. The van der Waals surface area contributed by atoms with Gasteiger partial charge in [-0.15, -0.1) is 0 Å². The molecule has 2 aromatic heterocycles. The topological polar surface area (TPSA) is 94.3 Å². The number of methoxy groups -OCH3 is 1. The number of imidazole rings is 1. The third kappa shape index (κ3) is 5.74. The Hall–Kier alpha value is -3.18. The number of hydrogen-bond acceptors (Lipinski definition) is 7. The van der Waals surface area contributed by atoms with E-state index in [4.69, 9.17) is 9.47 Å². The Kier molecular flexibility index (Phi) is 6.99. The monoisotopic (exact) mass is 451 g/mol. The van der Waals surface area contributed by atoms with Crippen molar-refractivity contribution in [2.24, 2.45) is 0 Å². The fourth-order valence-corrected chi connectivity index (χ4v) is 2.82. The third-order valence-electron chi connectivity index (χ3n) is 4.59. The maximum absolute atomic E-state index is 12.7. The highest BCUT2D eigenvalue weighted by atomic mass is 19.4. The molecule has 8 nitrogen and oxygen atoms in total. The molecule has 0 aliphatic carbocycles. The smallest absolute Gasteiger partial charge is 0.414 e. The van der Waals surface area contributed by atoms with Crippen molar-refractivity contribution in [2.75, 3.05) is 12.4 Å². The van der Waals surface area contributed by atoms with E-state index in [2.05, 4.69) is 20.3 Å². The summed E-state index contributed by atoms with van der Waals surface area (Å²) in [7, 11) is 1.54. The zero-order chi connectivity index (χ0) is 23.5. The second kappa shape index (κ2) is 9.53. The van der Waals surface area contributed by atoms with Gasteiger partial charge in [0.25, 0.3) is 0 Å². The van der Waals surface area contributed by atoms with Crippen molar-refractivity contribution in [3.05, 3.63) is 53.9 Å². The van der Waals surface area contributed by atoms with Crippen LogP contribution in [0.15, 0.2) is 36.8 Å². The first kappa shape index (κ1) is 23.5. The van der Waals surface area contributed by atoms with Gasteiger partial charge in [0.2, 0.25) is 5.95 Å². The SMILES string of the molecule is COc1cc(Nc2nc(COC(C)C(F)(F)F)cc(C(C)O)n2)ccc1-n1cnc(C)c1. The van der Waals surface area contributed by atoms with Crippen LogP contribution in [0.3, 0.4) is 0 Å². The van der Waals surface area contributed by atoms with Crippen LogP contribution in [0.2, 0.25) is 0 Å². The molecule has 0 aliphatic heterocycles. The molecule has 2 N–H and O–H groups in total.